The standard InChI is InChI=1S/C19H19N3O3/c20-18(23)13-22(12-14-7-3-1-4-8-14)19(24)16-11-17(25-21-16)15-9-5-2-6-10-15/h1-10,17H,11-13H2,(H2,20,23). The molecule has 0 aliphatic carbocycles. The van der Waals surface area contributed by atoms with Crippen LogP contribution < -0.4 is 5.73 Å². The van der Waals surface area contributed by atoms with E-state index in [0.29, 0.717) is 12.1 Å². The van der Waals surface area contributed by atoms with E-state index in [0.717, 1.165) is 11.1 Å². The lowest BCUT2D eigenvalue weighted by atomic mass is 10.0. The molecular weight excluding hydrogens is 318 g/mol. The van der Waals surface area contributed by atoms with Gasteiger partial charge in [-0.05, 0) is 11.1 Å². The third-order valence-corrected chi connectivity index (χ3v) is 3.94. The molecule has 0 radical (unpaired) electrons. The van der Waals surface area contributed by atoms with Crippen molar-refractivity contribution >= 4 is 17.5 Å². The maximum absolute atomic E-state index is 12.8. The molecule has 0 fully saturated rings. The zero-order chi connectivity index (χ0) is 17.6. The van der Waals surface area contributed by atoms with Gasteiger partial charge in [0.05, 0.1) is 0 Å². The number of primary amides is 1. The van der Waals surface area contributed by atoms with Gasteiger partial charge in [0.1, 0.15) is 12.3 Å². The number of hydrogen-bond donors (Lipinski definition) is 1. The highest BCUT2D eigenvalue weighted by Crippen LogP contribution is 2.27. The first kappa shape index (κ1) is 16.7. The van der Waals surface area contributed by atoms with Crippen LogP contribution in [0.1, 0.15) is 23.7 Å². The Hall–Kier alpha value is -3.15. The third kappa shape index (κ3) is 4.23. The highest BCUT2D eigenvalue weighted by molar-refractivity contribution is 6.39. The molecule has 1 aliphatic rings. The predicted molar refractivity (Wildman–Crippen MR) is 93.4 cm³/mol. The zero-order valence-corrected chi connectivity index (χ0v) is 13.7. The van der Waals surface area contributed by atoms with Gasteiger partial charge >= 0.3 is 0 Å². The van der Waals surface area contributed by atoms with E-state index in [-0.39, 0.29) is 25.1 Å². The van der Waals surface area contributed by atoms with E-state index in [1.54, 1.807) is 0 Å². The fourth-order valence-corrected chi connectivity index (χ4v) is 2.72. The molecule has 2 aromatic carbocycles. The highest BCUT2D eigenvalue weighted by Gasteiger charge is 2.30. The van der Waals surface area contributed by atoms with Gasteiger partial charge in [0.25, 0.3) is 5.91 Å². The van der Waals surface area contributed by atoms with E-state index in [9.17, 15) is 9.59 Å². The van der Waals surface area contributed by atoms with Crippen molar-refractivity contribution in [2.24, 2.45) is 10.9 Å². The normalized spacial score (nSPS) is 16.0. The molecule has 1 heterocycles. The number of carbonyl (C=O) groups is 2. The number of rotatable bonds is 6. The van der Waals surface area contributed by atoms with Gasteiger partial charge in [-0.25, -0.2) is 0 Å². The van der Waals surface area contributed by atoms with E-state index in [2.05, 4.69) is 5.16 Å². The van der Waals surface area contributed by atoms with E-state index in [4.69, 9.17) is 10.6 Å². The van der Waals surface area contributed by atoms with Crippen LogP contribution in [0.25, 0.3) is 0 Å². The molecule has 2 amide bonds. The summed E-state index contributed by atoms with van der Waals surface area (Å²) >= 11 is 0. The first-order valence-electron chi connectivity index (χ1n) is 8.02. The summed E-state index contributed by atoms with van der Waals surface area (Å²) in [6, 6.07) is 19.0. The van der Waals surface area contributed by atoms with Crippen molar-refractivity contribution in [3.8, 4) is 0 Å². The summed E-state index contributed by atoms with van der Waals surface area (Å²) in [5.74, 6) is -0.899. The third-order valence-electron chi connectivity index (χ3n) is 3.94. The van der Waals surface area contributed by atoms with E-state index >= 15 is 0 Å². The van der Waals surface area contributed by atoms with Gasteiger partial charge in [0, 0.05) is 13.0 Å². The summed E-state index contributed by atoms with van der Waals surface area (Å²) in [5, 5.41) is 3.94. The molecule has 6 nitrogen and oxygen atoms in total. The molecule has 25 heavy (non-hydrogen) atoms. The molecule has 0 aromatic heterocycles. The molecule has 0 saturated heterocycles. The number of benzene rings is 2. The van der Waals surface area contributed by atoms with Gasteiger partial charge in [-0.1, -0.05) is 65.8 Å². The number of amides is 2. The number of nitrogens with two attached hydrogens (primary N) is 1. The number of oxime groups is 1. The van der Waals surface area contributed by atoms with E-state index < -0.39 is 5.91 Å². The van der Waals surface area contributed by atoms with Crippen LogP contribution >= 0.6 is 0 Å². The number of hydrogen-bond acceptors (Lipinski definition) is 4. The Labute approximate surface area is 145 Å². The fourth-order valence-electron chi connectivity index (χ4n) is 2.72. The summed E-state index contributed by atoms with van der Waals surface area (Å²) in [4.78, 5) is 30.9. The Morgan fingerprint density at radius 1 is 1.08 bits per heavy atom. The lowest BCUT2D eigenvalue weighted by molar-refractivity contribution is -0.130. The van der Waals surface area contributed by atoms with Crippen LogP contribution in [0.15, 0.2) is 65.8 Å². The predicted octanol–water partition coefficient (Wildman–Crippen LogP) is 2.02. The molecule has 0 bridgehead atoms. The highest BCUT2D eigenvalue weighted by atomic mass is 16.6. The molecule has 1 aliphatic heterocycles. The SMILES string of the molecule is NC(=O)CN(Cc1ccccc1)C(=O)C1=NOC(c2ccccc2)C1. The minimum absolute atomic E-state index is 0.164. The van der Waals surface area contributed by atoms with Crippen LogP contribution in [0.5, 0.6) is 0 Å². The Morgan fingerprint density at radius 3 is 2.36 bits per heavy atom. The lowest BCUT2D eigenvalue weighted by Crippen LogP contribution is -2.41. The second-order valence-electron chi connectivity index (χ2n) is 5.86. The molecule has 1 unspecified atom stereocenters. The van der Waals surface area contributed by atoms with Gasteiger partial charge in [-0.15, -0.1) is 0 Å². The summed E-state index contributed by atoms with van der Waals surface area (Å²) in [6.45, 7) is 0.125. The van der Waals surface area contributed by atoms with Crippen LogP contribution in [0.4, 0.5) is 0 Å². The van der Waals surface area contributed by atoms with Crippen molar-refractivity contribution in [2.45, 2.75) is 19.1 Å². The van der Waals surface area contributed by atoms with Crippen LogP contribution in [0, 0.1) is 0 Å². The zero-order valence-electron chi connectivity index (χ0n) is 13.7. The van der Waals surface area contributed by atoms with Gasteiger partial charge in [-0.3, -0.25) is 9.59 Å². The largest absolute Gasteiger partial charge is 0.387 e. The van der Waals surface area contributed by atoms with Crippen molar-refractivity contribution in [1.29, 1.82) is 0 Å². The maximum atomic E-state index is 12.8. The van der Waals surface area contributed by atoms with Gasteiger partial charge in [-0.2, -0.15) is 0 Å². The quantitative estimate of drug-likeness (QED) is 0.875. The monoisotopic (exact) mass is 337 g/mol. The van der Waals surface area contributed by atoms with Crippen LogP contribution in [-0.4, -0.2) is 29.0 Å². The fraction of sp³-hybridized carbons (Fsp3) is 0.211. The molecular formula is C19H19N3O3. The Bertz CT molecular complexity index is 775. The Morgan fingerprint density at radius 2 is 1.72 bits per heavy atom. The first-order valence-corrected chi connectivity index (χ1v) is 8.02. The van der Waals surface area contributed by atoms with Crippen molar-refractivity contribution < 1.29 is 14.4 Å². The second kappa shape index (κ2) is 7.61. The number of nitrogens with zero attached hydrogens (tertiary/aromatic N) is 2. The van der Waals surface area contributed by atoms with Crippen molar-refractivity contribution in [3.63, 3.8) is 0 Å². The maximum Gasteiger partial charge on any atom is 0.272 e. The molecule has 128 valence electrons. The van der Waals surface area contributed by atoms with Crippen molar-refractivity contribution in [2.75, 3.05) is 6.54 Å². The topological polar surface area (TPSA) is 85.0 Å². The Kier molecular flexibility index (Phi) is 5.09. The summed E-state index contributed by atoms with van der Waals surface area (Å²) in [6.07, 6.45) is 0.0831. The molecule has 0 spiro atoms. The van der Waals surface area contributed by atoms with Gasteiger partial charge in [0.15, 0.2) is 6.10 Å². The van der Waals surface area contributed by atoms with Crippen molar-refractivity contribution in [1.82, 2.24) is 4.90 Å². The summed E-state index contributed by atoms with van der Waals surface area (Å²) in [7, 11) is 0. The van der Waals surface area contributed by atoms with Gasteiger partial charge < -0.3 is 15.5 Å². The minimum Gasteiger partial charge on any atom is -0.387 e. The minimum atomic E-state index is -0.566. The van der Waals surface area contributed by atoms with Gasteiger partial charge in [0.2, 0.25) is 5.91 Å². The van der Waals surface area contributed by atoms with Crippen molar-refractivity contribution in [3.05, 3.63) is 71.8 Å². The summed E-state index contributed by atoms with van der Waals surface area (Å²) < 4.78 is 0. The van der Waals surface area contributed by atoms with E-state index in [1.807, 2.05) is 60.7 Å². The number of carbonyl (C=O) groups excluding carboxylic acids is 2. The van der Waals surface area contributed by atoms with E-state index in [1.165, 1.54) is 4.90 Å². The average molecular weight is 337 g/mol. The molecule has 6 heteroatoms. The first-order chi connectivity index (χ1) is 12.1. The molecule has 0 saturated carbocycles. The van der Waals surface area contributed by atoms with Crippen LogP contribution in [0.2, 0.25) is 0 Å². The summed E-state index contributed by atoms with van der Waals surface area (Å²) in [5.41, 5.74) is 7.47. The second-order valence-corrected chi connectivity index (χ2v) is 5.86. The average Bonchev–Trinajstić information content (AvgIpc) is 3.12. The van der Waals surface area contributed by atoms with Crippen LogP contribution in [-0.2, 0) is 21.0 Å². The lowest BCUT2D eigenvalue weighted by Gasteiger charge is -2.20. The smallest absolute Gasteiger partial charge is 0.272 e. The molecule has 2 aromatic rings. The Balaban J connectivity index is 1.71. The molecule has 1 atom stereocenters. The molecule has 2 N–H and O–H groups in total. The molecule has 3 rings (SSSR count). The van der Waals surface area contributed by atoms with Crippen LogP contribution in [0.3, 0.4) is 0 Å².